The van der Waals surface area contributed by atoms with Crippen molar-refractivity contribution in [3.63, 3.8) is 0 Å². The van der Waals surface area contributed by atoms with Crippen LogP contribution in [0.4, 0.5) is 0 Å². The van der Waals surface area contributed by atoms with Crippen LogP contribution in [-0.2, 0) is 12.8 Å². The van der Waals surface area contributed by atoms with Crippen LogP contribution >= 0.6 is 11.3 Å². The smallest absolute Gasteiger partial charge is 0.261 e. The van der Waals surface area contributed by atoms with Gasteiger partial charge in [0.15, 0.2) is 0 Å². The van der Waals surface area contributed by atoms with Gasteiger partial charge in [0.2, 0.25) is 0 Å². The molecule has 0 saturated carbocycles. The molecule has 5 heteroatoms. The number of hydrogen-bond acceptors (Lipinski definition) is 4. The Morgan fingerprint density at radius 3 is 2.83 bits per heavy atom. The number of aliphatic hydroxyl groups is 1. The Balaban J connectivity index is 1.45. The summed E-state index contributed by atoms with van der Waals surface area (Å²) in [4.78, 5) is 14.3. The fourth-order valence-electron chi connectivity index (χ4n) is 2.67. The van der Waals surface area contributed by atoms with Crippen molar-refractivity contribution in [3.05, 3.63) is 51.7 Å². The molecule has 2 N–H and O–H groups in total. The molecule has 0 saturated heterocycles. The lowest BCUT2D eigenvalue weighted by molar-refractivity contribution is 0.0847. The number of aliphatic hydroxyl groups excluding tert-OH is 1. The highest BCUT2D eigenvalue weighted by atomic mass is 32.1. The Bertz CT molecular complexity index is 630. The van der Waals surface area contributed by atoms with Crippen molar-refractivity contribution in [2.24, 2.45) is 0 Å². The Labute approximate surface area is 140 Å². The van der Waals surface area contributed by atoms with Crippen LogP contribution in [0.2, 0.25) is 0 Å². The van der Waals surface area contributed by atoms with Gasteiger partial charge in [0.1, 0.15) is 18.5 Å². The van der Waals surface area contributed by atoms with Gasteiger partial charge in [-0.15, -0.1) is 11.3 Å². The molecule has 1 aliphatic rings. The van der Waals surface area contributed by atoms with Gasteiger partial charge in [0, 0.05) is 11.4 Å². The second kappa shape index (κ2) is 7.62. The second-order valence-electron chi connectivity index (χ2n) is 5.75. The lowest BCUT2D eigenvalue weighted by Gasteiger charge is -2.12. The van der Waals surface area contributed by atoms with Crippen molar-refractivity contribution in [2.75, 3.05) is 13.2 Å². The van der Waals surface area contributed by atoms with Crippen molar-refractivity contribution in [1.82, 2.24) is 5.32 Å². The first kappa shape index (κ1) is 16.0. The second-order valence-corrected chi connectivity index (χ2v) is 6.89. The number of nitrogens with one attached hydrogen (secondary N) is 1. The maximum absolute atomic E-state index is 12.2. The zero-order valence-corrected chi connectivity index (χ0v) is 13.8. The molecule has 0 radical (unpaired) electrons. The van der Waals surface area contributed by atoms with E-state index in [1.165, 1.54) is 23.3 Å². The number of para-hydroxylation sites is 1. The maximum Gasteiger partial charge on any atom is 0.261 e. The summed E-state index contributed by atoms with van der Waals surface area (Å²) in [7, 11) is 0. The molecule has 1 heterocycles. The van der Waals surface area contributed by atoms with Gasteiger partial charge in [0.05, 0.1) is 4.88 Å². The summed E-state index contributed by atoms with van der Waals surface area (Å²) in [5, 5.41) is 12.7. The summed E-state index contributed by atoms with van der Waals surface area (Å²) in [6.07, 6.45) is 3.85. The first-order valence-electron chi connectivity index (χ1n) is 7.98. The number of carbonyl (C=O) groups excluding carboxylic acids is 1. The van der Waals surface area contributed by atoms with Crippen LogP contribution < -0.4 is 10.1 Å². The van der Waals surface area contributed by atoms with Crippen LogP contribution in [0.25, 0.3) is 0 Å². The third-order valence-corrected chi connectivity index (χ3v) is 5.14. The predicted molar refractivity (Wildman–Crippen MR) is 91.2 cm³/mol. The number of amides is 1. The highest BCUT2D eigenvalue weighted by Crippen LogP contribution is 2.29. The van der Waals surface area contributed by atoms with E-state index in [4.69, 9.17) is 4.74 Å². The molecule has 1 aliphatic carbocycles. The fraction of sp³-hybridized carbons (Fsp3) is 0.389. The van der Waals surface area contributed by atoms with E-state index in [0.29, 0.717) is 5.75 Å². The van der Waals surface area contributed by atoms with E-state index < -0.39 is 6.10 Å². The van der Waals surface area contributed by atoms with E-state index in [1.54, 1.807) is 11.3 Å². The predicted octanol–water partition coefficient (Wildman–Crippen LogP) is 2.80. The highest BCUT2D eigenvalue weighted by Gasteiger charge is 2.17. The van der Waals surface area contributed by atoms with Gasteiger partial charge in [0.25, 0.3) is 5.91 Å². The average Bonchev–Trinajstić information content (AvgIpc) is 3.03. The van der Waals surface area contributed by atoms with Gasteiger partial charge in [-0.1, -0.05) is 18.2 Å². The minimum atomic E-state index is -0.728. The van der Waals surface area contributed by atoms with Crippen molar-refractivity contribution >= 4 is 17.2 Å². The van der Waals surface area contributed by atoms with Crippen LogP contribution in [-0.4, -0.2) is 30.3 Å². The Morgan fingerprint density at radius 1 is 1.26 bits per heavy atom. The van der Waals surface area contributed by atoms with Crippen LogP contribution in [0.15, 0.2) is 36.4 Å². The zero-order valence-electron chi connectivity index (χ0n) is 13.0. The minimum absolute atomic E-state index is 0.108. The van der Waals surface area contributed by atoms with E-state index >= 15 is 0 Å². The topological polar surface area (TPSA) is 58.6 Å². The molecule has 23 heavy (non-hydrogen) atoms. The maximum atomic E-state index is 12.2. The number of carbonyl (C=O) groups is 1. The van der Waals surface area contributed by atoms with Gasteiger partial charge in [-0.2, -0.15) is 0 Å². The number of fused-ring (bicyclic) bond motifs is 1. The Kier molecular flexibility index (Phi) is 5.31. The van der Waals surface area contributed by atoms with Gasteiger partial charge in [-0.3, -0.25) is 4.79 Å². The van der Waals surface area contributed by atoms with Gasteiger partial charge >= 0.3 is 0 Å². The third-order valence-electron chi connectivity index (χ3n) is 3.90. The molecule has 3 rings (SSSR count). The first-order valence-corrected chi connectivity index (χ1v) is 8.80. The lowest BCUT2D eigenvalue weighted by atomic mass is 9.99. The molecule has 1 amide bonds. The molecule has 0 bridgehead atoms. The van der Waals surface area contributed by atoms with Gasteiger partial charge in [-0.25, -0.2) is 0 Å². The number of hydrogen-bond donors (Lipinski definition) is 2. The molecular weight excluding hydrogens is 310 g/mol. The van der Waals surface area contributed by atoms with Gasteiger partial charge < -0.3 is 15.2 Å². The molecule has 1 atom stereocenters. The number of aryl methyl sites for hydroxylation is 2. The van der Waals surface area contributed by atoms with E-state index in [0.717, 1.165) is 17.7 Å². The van der Waals surface area contributed by atoms with Crippen LogP contribution in [0, 0.1) is 0 Å². The molecule has 0 fully saturated rings. The van der Waals surface area contributed by atoms with Crippen molar-refractivity contribution in [3.8, 4) is 5.75 Å². The molecule has 2 aromatic rings. The van der Waals surface area contributed by atoms with Crippen molar-refractivity contribution in [2.45, 2.75) is 31.8 Å². The molecule has 0 spiro atoms. The molecule has 1 aromatic heterocycles. The van der Waals surface area contributed by atoms with E-state index in [-0.39, 0.29) is 19.1 Å². The molecular formula is C18H21NO3S. The first-order chi connectivity index (χ1) is 11.2. The normalized spacial score (nSPS) is 14.8. The highest BCUT2D eigenvalue weighted by molar-refractivity contribution is 7.14. The van der Waals surface area contributed by atoms with Crippen molar-refractivity contribution < 1.29 is 14.6 Å². The summed E-state index contributed by atoms with van der Waals surface area (Å²) < 4.78 is 5.47. The average molecular weight is 331 g/mol. The van der Waals surface area contributed by atoms with E-state index in [2.05, 4.69) is 5.32 Å². The summed E-state index contributed by atoms with van der Waals surface area (Å²) >= 11 is 1.58. The monoisotopic (exact) mass is 331 g/mol. The zero-order chi connectivity index (χ0) is 16.1. The molecule has 1 aromatic carbocycles. The summed E-state index contributed by atoms with van der Waals surface area (Å²) in [5.74, 6) is 0.604. The third kappa shape index (κ3) is 4.33. The quantitative estimate of drug-likeness (QED) is 0.856. The summed E-state index contributed by atoms with van der Waals surface area (Å²) in [6, 6.07) is 11.3. The van der Waals surface area contributed by atoms with Crippen LogP contribution in [0.1, 0.15) is 33.0 Å². The number of ether oxygens (including phenoxy) is 1. The SMILES string of the molecule is O=C(NCC(O)COc1ccccc1)c1cc2c(s1)CCCC2. The minimum Gasteiger partial charge on any atom is -0.491 e. The Morgan fingerprint density at radius 2 is 2.04 bits per heavy atom. The fourth-order valence-corrected chi connectivity index (χ4v) is 3.84. The van der Waals surface area contributed by atoms with Gasteiger partial charge in [-0.05, 0) is 49.4 Å². The van der Waals surface area contributed by atoms with Crippen molar-refractivity contribution in [1.29, 1.82) is 0 Å². The van der Waals surface area contributed by atoms with Crippen LogP contribution in [0.3, 0.4) is 0 Å². The van der Waals surface area contributed by atoms with Crippen LogP contribution in [0.5, 0.6) is 5.75 Å². The molecule has 122 valence electrons. The lowest BCUT2D eigenvalue weighted by Crippen LogP contribution is -2.35. The molecule has 0 aliphatic heterocycles. The number of rotatable bonds is 6. The molecule has 1 unspecified atom stereocenters. The number of benzene rings is 1. The van der Waals surface area contributed by atoms with E-state index in [1.807, 2.05) is 36.4 Å². The van der Waals surface area contributed by atoms with E-state index in [9.17, 15) is 9.90 Å². The number of thiophene rings is 1. The summed E-state index contributed by atoms with van der Waals surface area (Å²) in [5.41, 5.74) is 1.32. The summed E-state index contributed by atoms with van der Waals surface area (Å²) in [6.45, 7) is 0.347. The Hall–Kier alpha value is -1.85. The standard InChI is InChI=1S/C18H21NO3S/c20-14(12-22-15-7-2-1-3-8-15)11-19-18(21)17-10-13-6-4-5-9-16(13)23-17/h1-3,7-8,10,14,20H,4-6,9,11-12H2,(H,19,21). The largest absolute Gasteiger partial charge is 0.491 e. The molecule has 4 nitrogen and oxygen atoms in total.